The molecule has 17 nitrogen and oxygen atoms in total. The average molecular weight is 1310 g/mol. The van der Waals surface area contributed by atoms with E-state index in [1.165, 1.54) is 167 Å². The summed E-state index contributed by atoms with van der Waals surface area (Å²) in [5, 5.41) is 10.6. The van der Waals surface area contributed by atoms with Crippen molar-refractivity contribution >= 4 is 39.5 Å². The van der Waals surface area contributed by atoms with Crippen molar-refractivity contribution < 1.29 is 80.2 Å². The van der Waals surface area contributed by atoms with Crippen molar-refractivity contribution in [3.8, 4) is 0 Å². The Hall–Kier alpha value is -1.94. The van der Waals surface area contributed by atoms with Crippen LogP contribution in [0.2, 0.25) is 0 Å². The molecule has 0 aromatic heterocycles. The number of carbonyl (C=O) groups is 4. The molecule has 0 aromatic rings. The maximum Gasteiger partial charge on any atom is 0.472 e. The highest BCUT2D eigenvalue weighted by molar-refractivity contribution is 7.47. The molecule has 0 fully saturated rings. The smallest absolute Gasteiger partial charge is 0.462 e. The first-order chi connectivity index (χ1) is 42.9. The maximum atomic E-state index is 13.0. The molecule has 19 heteroatoms. The van der Waals surface area contributed by atoms with E-state index in [1.54, 1.807) is 0 Å². The second-order valence-corrected chi connectivity index (χ2v) is 28.9. The predicted octanol–water partition coefficient (Wildman–Crippen LogP) is 20.0. The zero-order valence-corrected chi connectivity index (χ0v) is 59.5. The van der Waals surface area contributed by atoms with Crippen molar-refractivity contribution in [3.05, 3.63) is 0 Å². The molecule has 0 heterocycles. The lowest BCUT2D eigenvalue weighted by Gasteiger charge is -2.21. The number of rotatable bonds is 69. The van der Waals surface area contributed by atoms with Crippen molar-refractivity contribution in [3.63, 3.8) is 0 Å². The fourth-order valence-electron chi connectivity index (χ4n) is 10.6. The Morgan fingerprint density at radius 3 is 0.854 bits per heavy atom. The van der Waals surface area contributed by atoms with Gasteiger partial charge >= 0.3 is 39.5 Å². The van der Waals surface area contributed by atoms with Crippen LogP contribution in [0.4, 0.5) is 0 Å². The van der Waals surface area contributed by atoms with Gasteiger partial charge in [-0.15, -0.1) is 0 Å². The largest absolute Gasteiger partial charge is 0.472 e. The Balaban J connectivity index is 5.16. The van der Waals surface area contributed by atoms with Crippen LogP contribution >= 0.6 is 15.6 Å². The van der Waals surface area contributed by atoms with Gasteiger partial charge in [0.05, 0.1) is 26.4 Å². The first-order valence-electron chi connectivity index (χ1n) is 36.5. The Morgan fingerprint density at radius 2 is 0.573 bits per heavy atom. The van der Waals surface area contributed by atoms with Gasteiger partial charge in [0.25, 0.3) is 0 Å². The van der Waals surface area contributed by atoms with E-state index in [2.05, 4.69) is 41.5 Å². The van der Waals surface area contributed by atoms with Crippen molar-refractivity contribution in [2.24, 2.45) is 11.8 Å². The summed E-state index contributed by atoms with van der Waals surface area (Å²) in [6.45, 7) is 9.52. The zero-order chi connectivity index (χ0) is 65.7. The van der Waals surface area contributed by atoms with Crippen LogP contribution in [0, 0.1) is 11.8 Å². The van der Waals surface area contributed by atoms with Gasteiger partial charge in [-0.1, -0.05) is 305 Å². The van der Waals surface area contributed by atoms with E-state index in [4.69, 9.17) is 37.0 Å². The Morgan fingerprint density at radius 1 is 0.326 bits per heavy atom. The Kier molecular flexibility index (Phi) is 60.8. The van der Waals surface area contributed by atoms with Crippen LogP contribution in [0.15, 0.2) is 0 Å². The highest BCUT2D eigenvalue weighted by Crippen LogP contribution is 2.45. The second-order valence-electron chi connectivity index (χ2n) is 26.0. The minimum atomic E-state index is -4.95. The summed E-state index contributed by atoms with van der Waals surface area (Å²) >= 11 is 0. The summed E-state index contributed by atoms with van der Waals surface area (Å²) in [5.41, 5.74) is 0. The SMILES string of the molecule is CCCCCCCCCCCCCCC(=O)O[C@H](COC(=O)CCCCCCC)COP(=O)(O)OC[C@H](O)COP(=O)(O)OC[C@@H](COC(=O)CCCCCCCCCCCCC(C)CC)OC(=O)CCCCCCCCCCCCCCCCCC(C)C. The molecule has 0 aliphatic heterocycles. The third-order valence-electron chi connectivity index (χ3n) is 16.6. The van der Waals surface area contributed by atoms with Crippen LogP contribution in [0.3, 0.4) is 0 Å². The summed E-state index contributed by atoms with van der Waals surface area (Å²) < 4.78 is 68.1. The minimum absolute atomic E-state index is 0.106. The van der Waals surface area contributed by atoms with Crippen LogP contribution in [-0.4, -0.2) is 96.7 Å². The second kappa shape index (κ2) is 62.2. The normalized spacial score (nSPS) is 14.4. The average Bonchev–Trinajstić information content (AvgIpc) is 3.54. The molecule has 0 aliphatic carbocycles. The zero-order valence-electron chi connectivity index (χ0n) is 57.7. The number of unbranched alkanes of at least 4 members (excludes halogenated alkanes) is 38. The van der Waals surface area contributed by atoms with Gasteiger partial charge in [0, 0.05) is 25.7 Å². The van der Waals surface area contributed by atoms with Crippen molar-refractivity contribution in [2.45, 2.75) is 374 Å². The quantitative estimate of drug-likeness (QED) is 0.0222. The molecule has 0 aromatic carbocycles. The monoisotopic (exact) mass is 1310 g/mol. The highest BCUT2D eigenvalue weighted by Gasteiger charge is 2.30. The van der Waals surface area contributed by atoms with Gasteiger partial charge in [-0.25, -0.2) is 9.13 Å². The number of carbonyl (C=O) groups excluding carboxylic acids is 4. The molecule has 0 saturated carbocycles. The molecule has 0 radical (unpaired) electrons. The first kappa shape index (κ1) is 87.1. The van der Waals surface area contributed by atoms with Crippen molar-refractivity contribution in [2.75, 3.05) is 39.6 Å². The topological polar surface area (TPSA) is 237 Å². The van der Waals surface area contributed by atoms with E-state index in [0.717, 1.165) is 108 Å². The number of aliphatic hydroxyl groups excluding tert-OH is 1. The standard InChI is InChI=1S/C70H136O17P2/c1-7-10-12-14-15-16-17-24-31-36-42-48-54-69(74)86-65(58-80-67(72)52-46-38-13-11-8-2)60-84-88(76,77)82-56-64(71)57-83-89(78,79)85-61-66(59-81-68(73)53-47-41-35-30-27-26-29-34-40-45-51-63(6)9-3)87-70(75)55-49-43-37-32-25-22-20-18-19-21-23-28-33-39-44-50-62(4)5/h62-66,71H,7-61H2,1-6H3,(H,76,77)(H,78,79)/t63?,64-,65+,66+/m0/s1. The number of hydrogen-bond acceptors (Lipinski definition) is 15. The fourth-order valence-corrected chi connectivity index (χ4v) is 12.1. The van der Waals surface area contributed by atoms with Gasteiger partial charge in [-0.05, 0) is 37.5 Å². The molecule has 0 spiro atoms. The van der Waals surface area contributed by atoms with Crippen molar-refractivity contribution in [1.82, 2.24) is 0 Å². The van der Waals surface area contributed by atoms with Gasteiger partial charge in [-0.3, -0.25) is 37.3 Å². The lowest BCUT2D eigenvalue weighted by molar-refractivity contribution is -0.161. The first-order valence-corrected chi connectivity index (χ1v) is 39.5. The van der Waals surface area contributed by atoms with Gasteiger partial charge in [0.15, 0.2) is 12.2 Å². The molecule has 0 saturated heterocycles. The number of aliphatic hydroxyl groups is 1. The molecule has 3 N–H and O–H groups in total. The maximum absolute atomic E-state index is 13.0. The Labute approximate surface area is 543 Å². The molecule has 0 bridgehead atoms. The van der Waals surface area contributed by atoms with Crippen LogP contribution in [-0.2, 0) is 65.4 Å². The lowest BCUT2D eigenvalue weighted by atomic mass is 9.99. The summed E-state index contributed by atoms with van der Waals surface area (Å²) in [4.78, 5) is 72.3. The number of phosphoric ester groups is 2. The summed E-state index contributed by atoms with van der Waals surface area (Å²) in [6.07, 6.45) is 47.4. The third-order valence-corrected chi connectivity index (χ3v) is 18.5. The Bertz CT molecular complexity index is 1740. The summed E-state index contributed by atoms with van der Waals surface area (Å²) in [7, 11) is -9.89. The van der Waals surface area contributed by atoms with Crippen LogP contribution in [0.25, 0.3) is 0 Å². The van der Waals surface area contributed by atoms with E-state index in [9.17, 15) is 43.2 Å². The molecule has 0 rings (SSSR count). The molecular weight excluding hydrogens is 1170 g/mol. The predicted molar refractivity (Wildman–Crippen MR) is 358 cm³/mol. The molecule has 6 atom stereocenters. The molecule has 3 unspecified atom stereocenters. The molecule has 0 aliphatic rings. The summed E-state index contributed by atoms with van der Waals surface area (Å²) in [6, 6.07) is 0. The molecule has 0 amide bonds. The number of ether oxygens (including phenoxy) is 4. The summed E-state index contributed by atoms with van der Waals surface area (Å²) in [5.74, 6) is -0.522. The molecule has 89 heavy (non-hydrogen) atoms. The molecular formula is C70H136O17P2. The lowest BCUT2D eigenvalue weighted by Crippen LogP contribution is -2.30. The van der Waals surface area contributed by atoms with Gasteiger partial charge in [-0.2, -0.15) is 0 Å². The van der Waals surface area contributed by atoms with Crippen LogP contribution < -0.4 is 0 Å². The van der Waals surface area contributed by atoms with Crippen LogP contribution in [0.1, 0.15) is 356 Å². The minimum Gasteiger partial charge on any atom is -0.462 e. The van der Waals surface area contributed by atoms with Gasteiger partial charge < -0.3 is 33.8 Å². The van der Waals surface area contributed by atoms with E-state index in [0.29, 0.717) is 25.7 Å². The number of phosphoric acid groups is 2. The highest BCUT2D eigenvalue weighted by atomic mass is 31.2. The fraction of sp³-hybridized carbons (Fsp3) is 0.943. The number of hydrogen-bond donors (Lipinski definition) is 3. The van der Waals surface area contributed by atoms with Gasteiger partial charge in [0.1, 0.15) is 19.3 Å². The third kappa shape index (κ3) is 63.2. The van der Waals surface area contributed by atoms with E-state index in [1.807, 2.05) is 0 Å². The van der Waals surface area contributed by atoms with Crippen LogP contribution in [0.5, 0.6) is 0 Å². The van der Waals surface area contributed by atoms with E-state index < -0.39 is 97.5 Å². The number of esters is 4. The van der Waals surface area contributed by atoms with Crippen molar-refractivity contribution in [1.29, 1.82) is 0 Å². The van der Waals surface area contributed by atoms with Gasteiger partial charge in [0.2, 0.25) is 0 Å². The molecule has 528 valence electrons. The van der Waals surface area contributed by atoms with E-state index >= 15 is 0 Å². The van der Waals surface area contributed by atoms with E-state index in [-0.39, 0.29) is 25.7 Å².